The average molecular weight is 363 g/mol. The number of aromatic nitrogens is 3. The van der Waals surface area contributed by atoms with Crippen LogP contribution in [0.1, 0.15) is 16.7 Å². The fourth-order valence-corrected chi connectivity index (χ4v) is 3.81. The van der Waals surface area contributed by atoms with Crippen molar-refractivity contribution in [2.45, 2.75) is 24.4 Å². The molecule has 0 aliphatic carbocycles. The van der Waals surface area contributed by atoms with Gasteiger partial charge in [0.1, 0.15) is 5.82 Å². The van der Waals surface area contributed by atoms with Crippen LogP contribution >= 0.6 is 11.8 Å². The van der Waals surface area contributed by atoms with Crippen LogP contribution in [0.15, 0.2) is 72.1 Å². The van der Waals surface area contributed by atoms with Gasteiger partial charge in [0.05, 0.1) is 23.8 Å². The highest BCUT2D eigenvalue weighted by molar-refractivity contribution is 7.98. The zero-order valence-corrected chi connectivity index (χ0v) is 15.2. The van der Waals surface area contributed by atoms with Crippen LogP contribution < -0.4 is 0 Å². The molecule has 0 fully saturated rings. The minimum Gasteiger partial charge on any atom is -0.313 e. The molecule has 4 aromatic rings. The maximum atomic E-state index is 14.1. The predicted octanol–water partition coefficient (Wildman–Crippen LogP) is 5.22. The van der Waals surface area contributed by atoms with Gasteiger partial charge in [0.2, 0.25) is 0 Å². The van der Waals surface area contributed by atoms with Gasteiger partial charge in [-0.25, -0.2) is 9.37 Å². The third kappa shape index (κ3) is 3.48. The number of hydrogen-bond acceptors (Lipinski definition) is 3. The Bertz CT molecular complexity index is 1040. The number of halogens is 1. The fraction of sp³-hybridized carbons (Fsp3) is 0.143. The number of aryl methyl sites for hydroxylation is 1. The van der Waals surface area contributed by atoms with Gasteiger partial charge in [0.25, 0.3) is 0 Å². The van der Waals surface area contributed by atoms with Gasteiger partial charge >= 0.3 is 0 Å². The van der Waals surface area contributed by atoms with Gasteiger partial charge in [-0.2, -0.15) is 0 Å². The van der Waals surface area contributed by atoms with Gasteiger partial charge in [0, 0.05) is 17.5 Å². The second-order valence-electron chi connectivity index (χ2n) is 6.21. The molecule has 0 aliphatic heterocycles. The molecule has 2 aromatic heterocycles. The van der Waals surface area contributed by atoms with Crippen molar-refractivity contribution in [1.82, 2.24) is 14.5 Å². The summed E-state index contributed by atoms with van der Waals surface area (Å²) < 4.78 is 16.2. The van der Waals surface area contributed by atoms with Gasteiger partial charge < -0.3 is 4.57 Å². The summed E-state index contributed by atoms with van der Waals surface area (Å²) in [6, 6.07) is 17.3. The Hall–Kier alpha value is -2.66. The van der Waals surface area contributed by atoms with Crippen LogP contribution in [0.2, 0.25) is 0 Å². The summed E-state index contributed by atoms with van der Waals surface area (Å²) in [6.45, 7) is 2.52. The van der Waals surface area contributed by atoms with Crippen molar-refractivity contribution < 1.29 is 4.39 Å². The normalized spacial score (nSPS) is 11.2. The average Bonchev–Trinajstić information content (AvgIpc) is 3.01. The number of pyridine rings is 1. The van der Waals surface area contributed by atoms with Crippen molar-refractivity contribution in [2.24, 2.45) is 0 Å². The quantitative estimate of drug-likeness (QED) is 0.456. The topological polar surface area (TPSA) is 30.7 Å². The smallest absolute Gasteiger partial charge is 0.169 e. The molecule has 0 aliphatic rings. The van der Waals surface area contributed by atoms with Crippen molar-refractivity contribution in [1.29, 1.82) is 0 Å². The van der Waals surface area contributed by atoms with Gasteiger partial charge in [0.15, 0.2) is 5.16 Å². The second-order valence-corrected chi connectivity index (χ2v) is 7.15. The molecule has 4 rings (SSSR count). The van der Waals surface area contributed by atoms with E-state index in [-0.39, 0.29) is 5.82 Å². The minimum absolute atomic E-state index is 0.201. The molecule has 0 radical (unpaired) electrons. The SMILES string of the molecule is Cc1ccc(CSc2nc3ccncc3n2Cc2ccccc2F)cc1. The molecule has 2 aromatic carbocycles. The molecule has 0 atom stereocenters. The summed E-state index contributed by atoms with van der Waals surface area (Å²) in [7, 11) is 0. The number of benzene rings is 2. The number of imidazole rings is 1. The summed E-state index contributed by atoms with van der Waals surface area (Å²) in [6.07, 6.45) is 3.52. The number of rotatable bonds is 5. The van der Waals surface area contributed by atoms with Crippen molar-refractivity contribution in [3.8, 4) is 0 Å². The summed E-state index contributed by atoms with van der Waals surface area (Å²) >= 11 is 1.66. The van der Waals surface area contributed by atoms with Gasteiger partial charge in [-0.3, -0.25) is 4.98 Å². The van der Waals surface area contributed by atoms with Crippen LogP contribution in [0.3, 0.4) is 0 Å². The monoisotopic (exact) mass is 363 g/mol. The number of thioether (sulfide) groups is 1. The molecule has 130 valence electrons. The van der Waals surface area contributed by atoms with Crippen molar-refractivity contribution >= 4 is 22.8 Å². The van der Waals surface area contributed by atoms with Gasteiger partial charge in [-0.15, -0.1) is 0 Å². The molecule has 0 unspecified atom stereocenters. The molecule has 5 heteroatoms. The Morgan fingerprint density at radius 2 is 1.85 bits per heavy atom. The Balaban J connectivity index is 1.67. The number of fused-ring (bicyclic) bond motifs is 1. The van der Waals surface area contributed by atoms with Crippen LogP contribution in [-0.4, -0.2) is 14.5 Å². The molecule has 0 saturated carbocycles. The highest BCUT2D eigenvalue weighted by Crippen LogP contribution is 2.27. The van der Waals surface area contributed by atoms with E-state index in [1.54, 1.807) is 30.2 Å². The Morgan fingerprint density at radius 3 is 2.65 bits per heavy atom. The lowest BCUT2D eigenvalue weighted by Gasteiger charge is -2.10. The van der Waals surface area contributed by atoms with Crippen molar-refractivity contribution in [3.05, 3.63) is 89.5 Å². The van der Waals surface area contributed by atoms with Crippen LogP contribution in [-0.2, 0) is 12.3 Å². The molecule has 0 saturated heterocycles. The molecule has 26 heavy (non-hydrogen) atoms. The maximum absolute atomic E-state index is 14.1. The first-order valence-corrected chi connectivity index (χ1v) is 9.41. The molecular weight excluding hydrogens is 345 g/mol. The molecular formula is C21H18FN3S. The third-order valence-electron chi connectivity index (χ3n) is 4.29. The Morgan fingerprint density at radius 1 is 1.04 bits per heavy atom. The standard InChI is InChI=1S/C21H18FN3S/c1-15-6-8-16(9-7-15)14-26-21-24-19-10-11-23-12-20(19)25(21)13-17-4-2-3-5-18(17)22/h2-12H,13-14H2,1H3. The van der Waals surface area contributed by atoms with Crippen molar-refractivity contribution in [3.63, 3.8) is 0 Å². The van der Waals surface area contributed by atoms with Crippen LogP contribution in [0.5, 0.6) is 0 Å². The van der Waals surface area contributed by atoms with Crippen LogP contribution in [0.4, 0.5) is 4.39 Å². The molecule has 3 nitrogen and oxygen atoms in total. The first-order chi connectivity index (χ1) is 12.7. The van der Waals surface area contributed by atoms with E-state index in [0.29, 0.717) is 12.1 Å². The Labute approximate surface area is 155 Å². The van der Waals surface area contributed by atoms with E-state index in [2.05, 4.69) is 36.2 Å². The van der Waals surface area contributed by atoms with E-state index in [9.17, 15) is 4.39 Å². The van der Waals surface area contributed by atoms with Gasteiger partial charge in [-0.05, 0) is 24.6 Å². The first kappa shape index (κ1) is 16.8. The van der Waals surface area contributed by atoms with Crippen LogP contribution in [0, 0.1) is 12.7 Å². The third-order valence-corrected chi connectivity index (χ3v) is 5.34. The van der Waals surface area contributed by atoms with Crippen molar-refractivity contribution in [2.75, 3.05) is 0 Å². The minimum atomic E-state index is -0.201. The number of nitrogens with zero attached hydrogens (tertiary/aromatic N) is 3. The molecule has 0 spiro atoms. The van der Waals surface area contributed by atoms with E-state index in [4.69, 9.17) is 4.98 Å². The zero-order chi connectivity index (χ0) is 17.9. The Kier molecular flexibility index (Phi) is 4.71. The van der Waals surface area contributed by atoms with E-state index >= 15 is 0 Å². The molecule has 0 amide bonds. The highest BCUT2D eigenvalue weighted by atomic mass is 32.2. The lowest BCUT2D eigenvalue weighted by atomic mass is 10.2. The summed E-state index contributed by atoms with van der Waals surface area (Å²) in [5.74, 6) is 0.613. The zero-order valence-electron chi connectivity index (χ0n) is 14.4. The first-order valence-electron chi connectivity index (χ1n) is 8.43. The predicted molar refractivity (Wildman–Crippen MR) is 104 cm³/mol. The molecule has 0 bridgehead atoms. The second kappa shape index (κ2) is 7.30. The largest absolute Gasteiger partial charge is 0.313 e. The van der Waals surface area contributed by atoms with Crippen LogP contribution in [0.25, 0.3) is 11.0 Å². The van der Waals surface area contributed by atoms with E-state index in [1.165, 1.54) is 17.2 Å². The molecule has 2 heterocycles. The number of hydrogen-bond donors (Lipinski definition) is 0. The summed E-state index contributed by atoms with van der Waals surface area (Å²) in [5.41, 5.74) is 4.93. The lowest BCUT2D eigenvalue weighted by Crippen LogP contribution is -2.03. The maximum Gasteiger partial charge on any atom is 0.169 e. The molecule has 0 N–H and O–H groups in total. The van der Waals surface area contributed by atoms with E-state index in [0.717, 1.165) is 21.9 Å². The fourth-order valence-electron chi connectivity index (χ4n) is 2.84. The van der Waals surface area contributed by atoms with E-state index in [1.807, 2.05) is 22.8 Å². The van der Waals surface area contributed by atoms with E-state index < -0.39 is 0 Å². The lowest BCUT2D eigenvalue weighted by molar-refractivity contribution is 0.594. The highest BCUT2D eigenvalue weighted by Gasteiger charge is 2.13. The summed E-state index contributed by atoms with van der Waals surface area (Å²) in [4.78, 5) is 8.95. The van der Waals surface area contributed by atoms with Gasteiger partial charge in [-0.1, -0.05) is 59.8 Å². The summed E-state index contributed by atoms with van der Waals surface area (Å²) in [5, 5.41) is 0.872.